The summed E-state index contributed by atoms with van der Waals surface area (Å²) in [4.78, 5) is 8.48. The number of thiazole rings is 1. The molecule has 2 rings (SSSR count). The Balaban J connectivity index is 2.44. The first-order valence-electron chi connectivity index (χ1n) is 4.99. The molecule has 16 heavy (non-hydrogen) atoms. The van der Waals surface area contributed by atoms with Crippen LogP contribution in [0.5, 0.6) is 0 Å². The van der Waals surface area contributed by atoms with Crippen LogP contribution in [0.1, 0.15) is 22.9 Å². The van der Waals surface area contributed by atoms with Gasteiger partial charge in [-0.25, -0.2) is 9.97 Å². The van der Waals surface area contributed by atoms with E-state index in [1.807, 2.05) is 30.9 Å². The number of aryl methyl sites for hydroxylation is 1. The average molecular weight is 234 g/mol. The van der Waals surface area contributed by atoms with Gasteiger partial charge in [-0.3, -0.25) is 0 Å². The molecule has 0 amide bonds. The predicted molar refractivity (Wildman–Crippen MR) is 66.4 cm³/mol. The van der Waals surface area contributed by atoms with Crippen LogP contribution in [0.15, 0.2) is 23.2 Å². The van der Waals surface area contributed by atoms with Crippen LogP contribution in [0, 0.1) is 6.92 Å². The van der Waals surface area contributed by atoms with Crippen molar-refractivity contribution >= 4 is 17.2 Å². The SMILES string of the molecule is CNC(c1cscn1)c1cc(C)cnc1N. The van der Waals surface area contributed by atoms with Gasteiger partial charge in [0, 0.05) is 17.1 Å². The van der Waals surface area contributed by atoms with E-state index >= 15 is 0 Å². The zero-order valence-corrected chi connectivity index (χ0v) is 10.1. The monoisotopic (exact) mass is 234 g/mol. The highest BCUT2D eigenvalue weighted by molar-refractivity contribution is 7.07. The molecule has 0 radical (unpaired) electrons. The zero-order valence-electron chi connectivity index (χ0n) is 9.27. The Labute approximate surface area is 98.6 Å². The molecule has 0 saturated heterocycles. The van der Waals surface area contributed by atoms with Crippen LogP contribution in [-0.4, -0.2) is 17.0 Å². The van der Waals surface area contributed by atoms with Crippen LogP contribution in [0.4, 0.5) is 5.82 Å². The third kappa shape index (κ3) is 2.05. The predicted octanol–water partition coefficient (Wildman–Crippen LogP) is 1.74. The maximum atomic E-state index is 5.90. The first-order chi connectivity index (χ1) is 7.72. The van der Waals surface area contributed by atoms with Crippen molar-refractivity contribution in [3.05, 3.63) is 40.0 Å². The summed E-state index contributed by atoms with van der Waals surface area (Å²) in [5, 5.41) is 5.23. The summed E-state index contributed by atoms with van der Waals surface area (Å²) in [6.07, 6.45) is 1.77. The molecule has 0 aromatic carbocycles. The summed E-state index contributed by atoms with van der Waals surface area (Å²) >= 11 is 1.58. The Hall–Kier alpha value is -1.46. The van der Waals surface area contributed by atoms with E-state index in [0.717, 1.165) is 16.8 Å². The van der Waals surface area contributed by atoms with Gasteiger partial charge in [0.25, 0.3) is 0 Å². The molecule has 2 aromatic rings. The normalized spacial score (nSPS) is 12.6. The second-order valence-electron chi connectivity index (χ2n) is 3.62. The summed E-state index contributed by atoms with van der Waals surface area (Å²) in [5.74, 6) is 0.554. The summed E-state index contributed by atoms with van der Waals surface area (Å²) < 4.78 is 0. The van der Waals surface area contributed by atoms with Crippen LogP contribution in [0.2, 0.25) is 0 Å². The van der Waals surface area contributed by atoms with E-state index in [4.69, 9.17) is 5.73 Å². The van der Waals surface area contributed by atoms with E-state index in [-0.39, 0.29) is 6.04 Å². The highest BCUT2D eigenvalue weighted by Crippen LogP contribution is 2.25. The molecule has 2 aromatic heterocycles. The fourth-order valence-electron chi connectivity index (χ4n) is 1.66. The minimum Gasteiger partial charge on any atom is -0.383 e. The largest absolute Gasteiger partial charge is 0.383 e. The van der Waals surface area contributed by atoms with Gasteiger partial charge in [-0.05, 0) is 25.6 Å². The molecule has 1 atom stereocenters. The lowest BCUT2D eigenvalue weighted by molar-refractivity contribution is 0.674. The lowest BCUT2D eigenvalue weighted by Crippen LogP contribution is -2.20. The number of aromatic nitrogens is 2. The van der Waals surface area contributed by atoms with Crippen molar-refractivity contribution in [2.45, 2.75) is 13.0 Å². The second kappa shape index (κ2) is 4.59. The lowest BCUT2D eigenvalue weighted by atomic mass is 10.0. The third-order valence-electron chi connectivity index (χ3n) is 2.43. The first kappa shape index (κ1) is 11.0. The van der Waals surface area contributed by atoms with E-state index in [1.54, 1.807) is 17.5 Å². The topological polar surface area (TPSA) is 63.8 Å². The molecule has 0 fully saturated rings. The number of nitrogens with one attached hydrogen (secondary N) is 1. The molecule has 2 heterocycles. The van der Waals surface area contributed by atoms with Gasteiger partial charge in [0.05, 0.1) is 17.2 Å². The van der Waals surface area contributed by atoms with Crippen LogP contribution in [0.3, 0.4) is 0 Å². The fourth-order valence-corrected chi connectivity index (χ4v) is 2.24. The second-order valence-corrected chi connectivity index (χ2v) is 4.34. The number of nitrogens with two attached hydrogens (primary N) is 1. The number of hydrogen-bond acceptors (Lipinski definition) is 5. The Kier molecular flexibility index (Phi) is 3.17. The Bertz CT molecular complexity index is 467. The lowest BCUT2D eigenvalue weighted by Gasteiger charge is -2.16. The third-order valence-corrected chi connectivity index (χ3v) is 3.04. The van der Waals surface area contributed by atoms with E-state index in [9.17, 15) is 0 Å². The van der Waals surface area contributed by atoms with Crippen molar-refractivity contribution in [3.8, 4) is 0 Å². The Morgan fingerprint density at radius 2 is 2.25 bits per heavy atom. The molecule has 84 valence electrons. The molecular weight excluding hydrogens is 220 g/mol. The molecule has 0 saturated carbocycles. The number of anilines is 1. The van der Waals surface area contributed by atoms with Crippen molar-refractivity contribution in [1.82, 2.24) is 15.3 Å². The van der Waals surface area contributed by atoms with E-state index in [1.165, 1.54) is 0 Å². The van der Waals surface area contributed by atoms with E-state index in [0.29, 0.717) is 5.82 Å². The minimum absolute atomic E-state index is 0.0126. The Morgan fingerprint density at radius 1 is 1.44 bits per heavy atom. The van der Waals surface area contributed by atoms with Crippen molar-refractivity contribution in [2.24, 2.45) is 0 Å². The van der Waals surface area contributed by atoms with Gasteiger partial charge >= 0.3 is 0 Å². The molecule has 0 spiro atoms. The number of nitrogens with zero attached hydrogens (tertiary/aromatic N) is 2. The van der Waals surface area contributed by atoms with Gasteiger partial charge in [-0.15, -0.1) is 11.3 Å². The van der Waals surface area contributed by atoms with Gasteiger partial charge in [0.2, 0.25) is 0 Å². The van der Waals surface area contributed by atoms with Gasteiger partial charge in [0.15, 0.2) is 0 Å². The fraction of sp³-hybridized carbons (Fsp3) is 0.273. The number of nitrogen functional groups attached to an aromatic ring is 1. The molecule has 0 bridgehead atoms. The van der Waals surface area contributed by atoms with Crippen LogP contribution in [0.25, 0.3) is 0 Å². The molecule has 4 nitrogen and oxygen atoms in total. The molecular formula is C11H14N4S. The van der Waals surface area contributed by atoms with Gasteiger partial charge in [-0.1, -0.05) is 0 Å². The Morgan fingerprint density at radius 3 is 2.88 bits per heavy atom. The van der Waals surface area contributed by atoms with Crippen molar-refractivity contribution in [1.29, 1.82) is 0 Å². The molecule has 0 aliphatic carbocycles. The van der Waals surface area contributed by atoms with Crippen LogP contribution >= 0.6 is 11.3 Å². The average Bonchev–Trinajstić information content (AvgIpc) is 2.78. The molecule has 5 heteroatoms. The van der Waals surface area contributed by atoms with Crippen molar-refractivity contribution in [2.75, 3.05) is 12.8 Å². The van der Waals surface area contributed by atoms with Gasteiger partial charge < -0.3 is 11.1 Å². The highest BCUT2D eigenvalue weighted by atomic mass is 32.1. The molecule has 1 unspecified atom stereocenters. The summed E-state index contributed by atoms with van der Waals surface area (Å²) in [7, 11) is 1.89. The summed E-state index contributed by atoms with van der Waals surface area (Å²) in [6, 6.07) is 2.06. The first-order valence-corrected chi connectivity index (χ1v) is 5.94. The number of rotatable bonds is 3. The minimum atomic E-state index is 0.0126. The molecule has 0 aliphatic rings. The van der Waals surface area contributed by atoms with Gasteiger partial charge in [0.1, 0.15) is 5.82 Å². The van der Waals surface area contributed by atoms with Crippen molar-refractivity contribution < 1.29 is 0 Å². The van der Waals surface area contributed by atoms with E-state index < -0.39 is 0 Å². The molecule has 3 N–H and O–H groups in total. The van der Waals surface area contributed by atoms with Gasteiger partial charge in [-0.2, -0.15) is 0 Å². The number of pyridine rings is 1. The summed E-state index contributed by atoms with van der Waals surface area (Å²) in [6.45, 7) is 2.00. The maximum absolute atomic E-state index is 5.90. The maximum Gasteiger partial charge on any atom is 0.128 e. The quantitative estimate of drug-likeness (QED) is 0.849. The smallest absolute Gasteiger partial charge is 0.128 e. The van der Waals surface area contributed by atoms with Crippen LogP contribution in [-0.2, 0) is 0 Å². The summed E-state index contributed by atoms with van der Waals surface area (Å²) in [5.41, 5.74) is 10.8. The number of hydrogen-bond donors (Lipinski definition) is 2. The standard InChI is InChI=1S/C11H14N4S/c1-7-3-8(11(12)14-4-7)10(13-2)9-5-16-6-15-9/h3-6,10,13H,1-2H3,(H2,12,14). The zero-order chi connectivity index (χ0) is 11.5. The van der Waals surface area contributed by atoms with Crippen molar-refractivity contribution in [3.63, 3.8) is 0 Å². The van der Waals surface area contributed by atoms with E-state index in [2.05, 4.69) is 15.3 Å². The molecule has 0 aliphatic heterocycles. The van der Waals surface area contributed by atoms with Crippen LogP contribution < -0.4 is 11.1 Å². The highest BCUT2D eigenvalue weighted by Gasteiger charge is 2.17.